The van der Waals surface area contributed by atoms with E-state index in [-0.39, 0.29) is 53.2 Å². The quantitative estimate of drug-likeness (QED) is 0.170. The number of aliphatic hydroxyl groups excluding tert-OH is 1. The average Bonchev–Trinajstić information content (AvgIpc) is 3.77. The van der Waals surface area contributed by atoms with Gasteiger partial charge in [-0.1, -0.05) is 33.3 Å². The standard InChI is InChI=1S/C48H61N9O5/c1-6-43(59)51-38-10-8-7-9-34(38)36-24-32(11-12-40(36)55-18-17-54(27-30(55)2)33-14-21-62-22-15-33)50-44-47(61)53(5)28-39(52-44)35-13-16-49-45(37(35)29-58)57-20-19-56-41(46(57)60)23-31-25-48(3,4)26-42(31)56/h6,11-13,16,23-24,28,30,33-34,38,58H,1,7-10,14-15,17-22,25-27,29H2,2-5H3,(H,50,52)(H,51,59)/t30-,34?,38?/m0/s1. The minimum atomic E-state index is -0.376. The molecule has 2 unspecified atom stereocenters. The fourth-order valence-electron chi connectivity index (χ4n) is 11.0. The van der Waals surface area contributed by atoms with Gasteiger partial charge in [-0.05, 0) is 98.4 Å². The Hall–Kier alpha value is -5.31. The smallest absolute Gasteiger partial charge is 0.293 e. The topological polar surface area (TPSA) is 150 Å². The van der Waals surface area contributed by atoms with E-state index in [4.69, 9.17) is 9.72 Å². The number of fused-ring (bicyclic) bond motifs is 3. The zero-order chi connectivity index (χ0) is 43.3. The van der Waals surface area contributed by atoms with E-state index in [1.807, 2.05) is 12.1 Å². The molecular weight excluding hydrogens is 783 g/mol. The Labute approximate surface area is 364 Å². The molecule has 3 aliphatic heterocycles. The van der Waals surface area contributed by atoms with Crippen molar-refractivity contribution < 1.29 is 19.4 Å². The van der Waals surface area contributed by atoms with Crippen LogP contribution in [0.5, 0.6) is 0 Å². The van der Waals surface area contributed by atoms with Crippen LogP contribution in [0.3, 0.4) is 0 Å². The summed E-state index contributed by atoms with van der Waals surface area (Å²) in [6.07, 6.45) is 12.5. The fraction of sp³-hybridized carbons (Fsp3) is 0.521. The molecule has 2 saturated heterocycles. The highest BCUT2D eigenvalue weighted by Gasteiger charge is 2.38. The van der Waals surface area contributed by atoms with Gasteiger partial charge < -0.3 is 34.5 Å². The number of hydrogen-bond donors (Lipinski definition) is 3. The maximum Gasteiger partial charge on any atom is 0.293 e. The number of aliphatic hydroxyl groups is 1. The zero-order valence-corrected chi connectivity index (χ0v) is 36.7. The number of piperazine rings is 1. The second-order valence-corrected chi connectivity index (χ2v) is 18.8. The summed E-state index contributed by atoms with van der Waals surface area (Å²) in [5.41, 5.74) is 7.51. The van der Waals surface area contributed by atoms with Crippen molar-refractivity contribution in [2.75, 3.05) is 54.5 Å². The lowest BCUT2D eigenvalue weighted by molar-refractivity contribution is -0.117. The first kappa shape index (κ1) is 42.0. The molecule has 5 aliphatic rings. The van der Waals surface area contributed by atoms with Crippen molar-refractivity contribution in [3.8, 4) is 11.3 Å². The number of pyridine rings is 1. The first-order chi connectivity index (χ1) is 29.9. The molecule has 0 bridgehead atoms. The normalized spacial score (nSPS) is 22.9. The average molecular weight is 844 g/mol. The van der Waals surface area contributed by atoms with Gasteiger partial charge in [-0.2, -0.15) is 0 Å². The highest BCUT2D eigenvalue weighted by atomic mass is 16.5. The second kappa shape index (κ2) is 17.1. The van der Waals surface area contributed by atoms with E-state index < -0.39 is 0 Å². The van der Waals surface area contributed by atoms with Crippen LogP contribution in [-0.2, 0) is 42.6 Å². The summed E-state index contributed by atoms with van der Waals surface area (Å²) in [5, 5.41) is 17.5. The van der Waals surface area contributed by atoms with Crippen molar-refractivity contribution in [1.82, 2.24) is 29.3 Å². The molecule has 0 spiro atoms. The van der Waals surface area contributed by atoms with Gasteiger partial charge in [0.25, 0.3) is 11.5 Å². The van der Waals surface area contributed by atoms with E-state index in [0.717, 1.165) is 95.5 Å². The molecule has 3 atom stereocenters. The van der Waals surface area contributed by atoms with Gasteiger partial charge in [-0.15, -0.1) is 0 Å². The second-order valence-electron chi connectivity index (χ2n) is 18.8. The summed E-state index contributed by atoms with van der Waals surface area (Å²) in [6.45, 7) is 15.7. The number of nitrogens with one attached hydrogen (secondary N) is 2. The summed E-state index contributed by atoms with van der Waals surface area (Å²) in [5.74, 6) is 0.269. The predicted octanol–water partition coefficient (Wildman–Crippen LogP) is 5.68. The van der Waals surface area contributed by atoms with Crippen LogP contribution in [0.25, 0.3) is 11.3 Å². The third-order valence-corrected chi connectivity index (χ3v) is 14.1. The number of carbonyl (C=O) groups excluding carboxylic acids is 2. The number of anilines is 4. The molecule has 3 fully saturated rings. The van der Waals surface area contributed by atoms with Crippen LogP contribution in [0.4, 0.5) is 23.0 Å². The van der Waals surface area contributed by atoms with Crippen molar-refractivity contribution in [2.24, 2.45) is 12.5 Å². The summed E-state index contributed by atoms with van der Waals surface area (Å²) >= 11 is 0. The summed E-state index contributed by atoms with van der Waals surface area (Å²) in [4.78, 5) is 57.0. The van der Waals surface area contributed by atoms with E-state index in [1.165, 1.54) is 21.9 Å². The molecule has 9 rings (SSSR count). The molecule has 2 amide bonds. The van der Waals surface area contributed by atoms with Crippen molar-refractivity contribution in [2.45, 2.75) is 109 Å². The maximum absolute atomic E-state index is 14.1. The molecule has 1 aromatic carbocycles. The number of aromatic nitrogens is 4. The lowest BCUT2D eigenvalue weighted by Crippen LogP contribution is -2.56. The molecule has 3 N–H and O–H groups in total. The third-order valence-electron chi connectivity index (χ3n) is 14.1. The fourth-order valence-corrected chi connectivity index (χ4v) is 11.0. The van der Waals surface area contributed by atoms with Crippen molar-refractivity contribution in [1.29, 1.82) is 0 Å². The van der Waals surface area contributed by atoms with Gasteiger partial charge in [-0.25, -0.2) is 9.97 Å². The molecular formula is C48H61N9O5. The van der Waals surface area contributed by atoms with E-state index in [2.05, 4.69) is 69.5 Å². The molecule has 14 heteroatoms. The van der Waals surface area contributed by atoms with Crippen molar-refractivity contribution in [3.63, 3.8) is 0 Å². The highest BCUT2D eigenvalue weighted by molar-refractivity contribution is 6.06. The molecule has 6 heterocycles. The Morgan fingerprint density at radius 1 is 1.03 bits per heavy atom. The Morgan fingerprint density at radius 3 is 2.61 bits per heavy atom. The number of rotatable bonds is 10. The van der Waals surface area contributed by atoms with Crippen LogP contribution in [0.1, 0.15) is 98.1 Å². The first-order valence-electron chi connectivity index (χ1n) is 22.5. The maximum atomic E-state index is 14.1. The number of amides is 2. The Kier molecular flexibility index (Phi) is 11.6. The number of hydrogen-bond acceptors (Lipinski definition) is 10. The van der Waals surface area contributed by atoms with Gasteiger partial charge in [0.2, 0.25) is 5.91 Å². The lowest BCUT2D eigenvalue weighted by Gasteiger charge is -2.46. The first-order valence-corrected chi connectivity index (χ1v) is 22.5. The van der Waals surface area contributed by atoms with Gasteiger partial charge in [0.05, 0.1) is 12.3 Å². The molecule has 328 valence electrons. The largest absolute Gasteiger partial charge is 0.392 e. The van der Waals surface area contributed by atoms with Gasteiger partial charge >= 0.3 is 0 Å². The number of nitrogens with zero attached hydrogens (tertiary/aromatic N) is 7. The predicted molar refractivity (Wildman–Crippen MR) is 241 cm³/mol. The molecule has 0 radical (unpaired) electrons. The zero-order valence-electron chi connectivity index (χ0n) is 36.7. The minimum Gasteiger partial charge on any atom is -0.392 e. The van der Waals surface area contributed by atoms with E-state index >= 15 is 0 Å². The van der Waals surface area contributed by atoms with Crippen molar-refractivity contribution >= 4 is 34.8 Å². The van der Waals surface area contributed by atoms with Gasteiger partial charge in [-0.3, -0.25) is 24.2 Å². The summed E-state index contributed by atoms with van der Waals surface area (Å²) in [6, 6.07) is 10.9. The summed E-state index contributed by atoms with van der Waals surface area (Å²) < 4.78 is 9.32. The van der Waals surface area contributed by atoms with Crippen LogP contribution in [0.15, 0.2) is 60.2 Å². The van der Waals surface area contributed by atoms with Gasteiger partial charge in [0, 0.05) is 118 Å². The van der Waals surface area contributed by atoms with E-state index in [9.17, 15) is 19.5 Å². The van der Waals surface area contributed by atoms with Crippen LogP contribution < -0.4 is 26.0 Å². The van der Waals surface area contributed by atoms with Crippen molar-refractivity contribution in [3.05, 3.63) is 93.8 Å². The van der Waals surface area contributed by atoms with E-state index in [0.29, 0.717) is 53.2 Å². The number of carbonyl (C=O) groups is 2. The molecule has 62 heavy (non-hydrogen) atoms. The number of aryl methyl sites for hydroxylation is 1. The van der Waals surface area contributed by atoms with Crippen LogP contribution in [-0.4, -0.2) is 98.4 Å². The molecule has 14 nitrogen and oxygen atoms in total. The number of benzene rings is 1. The van der Waals surface area contributed by atoms with Crippen LogP contribution in [0.2, 0.25) is 0 Å². The SMILES string of the molecule is C=CC(=O)NC1CCCCC1c1cc(Nc2nc(-c3ccnc(N4CCn5c(cc6c5CC(C)(C)C6)C4=O)c3CO)cn(C)c2=O)ccc1N1CCN(C2CCOCC2)C[C@@H]1C. The Morgan fingerprint density at radius 2 is 1.84 bits per heavy atom. The summed E-state index contributed by atoms with van der Waals surface area (Å²) in [7, 11) is 1.69. The van der Waals surface area contributed by atoms with Gasteiger partial charge in [0.1, 0.15) is 11.5 Å². The minimum absolute atomic E-state index is 0.0571. The molecule has 4 aromatic rings. The highest BCUT2D eigenvalue weighted by Crippen LogP contribution is 2.42. The Bertz CT molecular complexity index is 2430. The van der Waals surface area contributed by atoms with Crippen LogP contribution >= 0.6 is 0 Å². The molecule has 1 saturated carbocycles. The molecule has 3 aromatic heterocycles. The van der Waals surface area contributed by atoms with E-state index in [1.54, 1.807) is 30.4 Å². The lowest BCUT2D eigenvalue weighted by atomic mass is 9.78. The van der Waals surface area contributed by atoms with Gasteiger partial charge in [0.15, 0.2) is 5.82 Å². The molecule has 2 aliphatic carbocycles. The van der Waals surface area contributed by atoms with Crippen LogP contribution in [0, 0.1) is 5.41 Å². The Balaban J connectivity index is 1.03. The number of ether oxygens (including phenoxy) is 1. The third kappa shape index (κ3) is 7.96. The monoisotopic (exact) mass is 843 g/mol.